The number of H-pyrrole nitrogens is 1. The van der Waals surface area contributed by atoms with Crippen molar-refractivity contribution in [1.29, 1.82) is 0 Å². The van der Waals surface area contributed by atoms with E-state index in [0.717, 1.165) is 38.6 Å². The fourth-order valence-corrected chi connectivity index (χ4v) is 2.85. The summed E-state index contributed by atoms with van der Waals surface area (Å²) in [6.45, 7) is 6.10. The molecule has 1 aliphatic rings. The standard InChI is InChI=1S/C16H24N6O2/c1-3-17-16(22-7-6-12(10-22)11-23-2)18-9-14-19-15(21-20-14)13-5-4-8-24-13/h4-5,8,12H,3,6-7,9-11H2,1-2H3,(H,17,18)(H,19,20,21). The van der Waals surface area contributed by atoms with E-state index in [9.17, 15) is 0 Å². The predicted molar refractivity (Wildman–Crippen MR) is 90.5 cm³/mol. The lowest BCUT2D eigenvalue weighted by molar-refractivity contribution is 0.157. The summed E-state index contributed by atoms with van der Waals surface area (Å²) in [7, 11) is 1.75. The zero-order chi connectivity index (χ0) is 16.8. The topological polar surface area (TPSA) is 91.6 Å². The van der Waals surface area contributed by atoms with Gasteiger partial charge in [0.2, 0.25) is 5.82 Å². The van der Waals surface area contributed by atoms with Crippen molar-refractivity contribution in [2.24, 2.45) is 10.9 Å². The van der Waals surface area contributed by atoms with Crippen molar-refractivity contribution in [3.05, 3.63) is 24.2 Å². The Balaban J connectivity index is 1.64. The molecule has 1 unspecified atom stereocenters. The Labute approximate surface area is 141 Å². The van der Waals surface area contributed by atoms with E-state index in [1.54, 1.807) is 13.4 Å². The van der Waals surface area contributed by atoms with Gasteiger partial charge in [0.25, 0.3) is 0 Å². The molecule has 0 spiro atoms. The van der Waals surface area contributed by atoms with Crippen LogP contribution in [0, 0.1) is 5.92 Å². The Morgan fingerprint density at radius 2 is 2.50 bits per heavy atom. The van der Waals surface area contributed by atoms with Crippen molar-refractivity contribution in [2.75, 3.05) is 33.4 Å². The molecule has 3 rings (SSSR count). The molecule has 0 saturated carbocycles. The Bertz CT molecular complexity index is 651. The zero-order valence-electron chi connectivity index (χ0n) is 14.2. The van der Waals surface area contributed by atoms with Crippen LogP contribution in [0.2, 0.25) is 0 Å². The fraction of sp³-hybridized carbons (Fsp3) is 0.562. The van der Waals surface area contributed by atoms with Crippen molar-refractivity contribution in [3.8, 4) is 11.6 Å². The number of hydrogen-bond acceptors (Lipinski definition) is 5. The zero-order valence-corrected chi connectivity index (χ0v) is 14.2. The van der Waals surface area contributed by atoms with Crippen molar-refractivity contribution < 1.29 is 9.15 Å². The molecular weight excluding hydrogens is 308 g/mol. The molecule has 8 nitrogen and oxygen atoms in total. The summed E-state index contributed by atoms with van der Waals surface area (Å²) in [5, 5.41) is 10.4. The molecule has 1 aliphatic heterocycles. The molecule has 1 atom stereocenters. The first-order valence-corrected chi connectivity index (χ1v) is 8.27. The molecule has 130 valence electrons. The summed E-state index contributed by atoms with van der Waals surface area (Å²) in [5.41, 5.74) is 0. The van der Waals surface area contributed by atoms with Crippen LogP contribution in [0.4, 0.5) is 0 Å². The van der Waals surface area contributed by atoms with E-state index in [4.69, 9.17) is 9.15 Å². The third-order valence-corrected chi connectivity index (χ3v) is 3.97. The number of nitrogens with one attached hydrogen (secondary N) is 2. The summed E-state index contributed by atoms with van der Waals surface area (Å²) >= 11 is 0. The third kappa shape index (κ3) is 3.94. The van der Waals surface area contributed by atoms with E-state index in [1.165, 1.54) is 0 Å². The number of aliphatic imine (C=N–C) groups is 1. The summed E-state index contributed by atoms with van der Waals surface area (Å²) < 4.78 is 10.6. The second-order valence-corrected chi connectivity index (χ2v) is 5.81. The van der Waals surface area contributed by atoms with E-state index in [2.05, 4.69) is 37.3 Å². The van der Waals surface area contributed by atoms with Gasteiger partial charge >= 0.3 is 0 Å². The molecule has 0 amide bonds. The van der Waals surface area contributed by atoms with Crippen LogP contribution in [0.1, 0.15) is 19.2 Å². The Hall–Kier alpha value is -2.35. The molecule has 1 saturated heterocycles. The first-order valence-electron chi connectivity index (χ1n) is 8.27. The van der Waals surface area contributed by atoms with E-state index >= 15 is 0 Å². The average Bonchev–Trinajstić information content (AvgIpc) is 3.32. The van der Waals surface area contributed by atoms with Crippen molar-refractivity contribution >= 4 is 5.96 Å². The quantitative estimate of drug-likeness (QED) is 0.615. The van der Waals surface area contributed by atoms with Gasteiger partial charge in [-0.3, -0.25) is 5.10 Å². The second-order valence-electron chi connectivity index (χ2n) is 5.81. The van der Waals surface area contributed by atoms with Gasteiger partial charge in [0.1, 0.15) is 12.4 Å². The minimum absolute atomic E-state index is 0.446. The molecule has 3 heterocycles. The third-order valence-electron chi connectivity index (χ3n) is 3.97. The van der Waals surface area contributed by atoms with Crippen LogP contribution < -0.4 is 5.32 Å². The lowest BCUT2D eigenvalue weighted by Crippen LogP contribution is -2.40. The van der Waals surface area contributed by atoms with Gasteiger partial charge in [-0.25, -0.2) is 9.98 Å². The maximum absolute atomic E-state index is 5.30. The summed E-state index contributed by atoms with van der Waals surface area (Å²) in [5.74, 6) is 3.39. The van der Waals surface area contributed by atoms with E-state index in [0.29, 0.717) is 29.9 Å². The molecule has 8 heteroatoms. The van der Waals surface area contributed by atoms with E-state index < -0.39 is 0 Å². The average molecular weight is 332 g/mol. The molecule has 0 aromatic carbocycles. The van der Waals surface area contributed by atoms with Crippen LogP contribution in [0.25, 0.3) is 11.6 Å². The monoisotopic (exact) mass is 332 g/mol. The molecule has 2 N–H and O–H groups in total. The molecule has 0 bridgehead atoms. The summed E-state index contributed by atoms with van der Waals surface area (Å²) in [4.78, 5) is 11.4. The van der Waals surface area contributed by atoms with Gasteiger partial charge in [-0.15, -0.1) is 5.10 Å². The normalized spacial score (nSPS) is 18.3. The highest BCUT2D eigenvalue weighted by molar-refractivity contribution is 5.80. The van der Waals surface area contributed by atoms with E-state index in [-0.39, 0.29) is 0 Å². The minimum atomic E-state index is 0.446. The highest BCUT2D eigenvalue weighted by Crippen LogP contribution is 2.17. The van der Waals surface area contributed by atoms with Gasteiger partial charge in [0.15, 0.2) is 11.7 Å². The number of methoxy groups -OCH3 is 1. The number of nitrogens with zero attached hydrogens (tertiary/aromatic N) is 4. The van der Waals surface area contributed by atoms with Gasteiger partial charge in [-0.2, -0.15) is 0 Å². The van der Waals surface area contributed by atoms with Gasteiger partial charge in [-0.05, 0) is 25.5 Å². The van der Waals surface area contributed by atoms with Crippen LogP contribution in [0.5, 0.6) is 0 Å². The second kappa shape index (κ2) is 7.96. The van der Waals surface area contributed by atoms with Crippen LogP contribution >= 0.6 is 0 Å². The Morgan fingerprint density at radius 1 is 1.58 bits per heavy atom. The SMILES string of the molecule is CCNC(=NCc1nc(-c2ccco2)n[nH]1)N1CCC(COC)C1. The summed E-state index contributed by atoms with van der Waals surface area (Å²) in [6.07, 6.45) is 2.74. The number of ether oxygens (including phenoxy) is 1. The molecule has 0 aliphatic carbocycles. The number of likely N-dealkylation sites (tertiary alicyclic amines) is 1. The number of rotatable bonds is 6. The van der Waals surface area contributed by atoms with Gasteiger partial charge in [0, 0.05) is 32.7 Å². The molecule has 2 aromatic heterocycles. The molecule has 0 radical (unpaired) electrons. The fourth-order valence-electron chi connectivity index (χ4n) is 2.85. The van der Waals surface area contributed by atoms with Crippen molar-refractivity contribution in [3.63, 3.8) is 0 Å². The lowest BCUT2D eigenvalue weighted by Gasteiger charge is -2.21. The van der Waals surface area contributed by atoms with Crippen LogP contribution in [0.15, 0.2) is 27.8 Å². The van der Waals surface area contributed by atoms with Gasteiger partial charge in [0.05, 0.1) is 12.9 Å². The molecule has 2 aromatic rings. The maximum Gasteiger partial charge on any atom is 0.216 e. The number of aromatic amines is 1. The predicted octanol–water partition coefficient (Wildman–Crippen LogP) is 1.50. The Kier molecular flexibility index (Phi) is 5.47. The minimum Gasteiger partial charge on any atom is -0.461 e. The molecular formula is C16H24N6O2. The molecule has 24 heavy (non-hydrogen) atoms. The summed E-state index contributed by atoms with van der Waals surface area (Å²) in [6, 6.07) is 3.65. The van der Waals surface area contributed by atoms with Gasteiger partial charge < -0.3 is 19.4 Å². The number of guanidine groups is 1. The maximum atomic E-state index is 5.30. The number of aromatic nitrogens is 3. The Morgan fingerprint density at radius 3 is 3.25 bits per heavy atom. The smallest absolute Gasteiger partial charge is 0.216 e. The number of hydrogen-bond donors (Lipinski definition) is 2. The van der Waals surface area contributed by atoms with Crippen LogP contribution in [0.3, 0.4) is 0 Å². The van der Waals surface area contributed by atoms with Crippen molar-refractivity contribution in [2.45, 2.75) is 19.9 Å². The first-order chi connectivity index (χ1) is 11.8. The highest BCUT2D eigenvalue weighted by atomic mass is 16.5. The van der Waals surface area contributed by atoms with E-state index in [1.807, 2.05) is 12.1 Å². The molecule has 1 fully saturated rings. The van der Waals surface area contributed by atoms with Crippen molar-refractivity contribution in [1.82, 2.24) is 25.4 Å². The first kappa shape index (κ1) is 16.5. The van der Waals surface area contributed by atoms with Gasteiger partial charge in [-0.1, -0.05) is 0 Å². The largest absolute Gasteiger partial charge is 0.461 e. The van der Waals surface area contributed by atoms with Crippen LogP contribution in [-0.4, -0.2) is 59.4 Å². The number of furan rings is 1. The lowest BCUT2D eigenvalue weighted by atomic mass is 10.1. The van der Waals surface area contributed by atoms with Crippen LogP contribution in [-0.2, 0) is 11.3 Å². The highest BCUT2D eigenvalue weighted by Gasteiger charge is 2.24.